The second kappa shape index (κ2) is 10.6. The van der Waals surface area contributed by atoms with E-state index in [0.717, 1.165) is 22.2 Å². The van der Waals surface area contributed by atoms with Gasteiger partial charge < -0.3 is 19.7 Å². The van der Waals surface area contributed by atoms with Crippen molar-refractivity contribution in [3.05, 3.63) is 82.5 Å². The third-order valence-electron chi connectivity index (χ3n) is 5.50. The van der Waals surface area contributed by atoms with E-state index in [9.17, 15) is 9.59 Å². The molecule has 34 heavy (non-hydrogen) atoms. The van der Waals surface area contributed by atoms with Gasteiger partial charge in [0.2, 0.25) is 5.91 Å². The maximum absolute atomic E-state index is 13.0. The highest BCUT2D eigenvalue weighted by Crippen LogP contribution is 2.46. The molecule has 176 valence electrons. The van der Waals surface area contributed by atoms with Gasteiger partial charge in [-0.3, -0.25) is 4.79 Å². The normalized spacial score (nSPS) is 17.0. The van der Waals surface area contributed by atoms with Gasteiger partial charge in [0.25, 0.3) is 0 Å². The van der Waals surface area contributed by atoms with E-state index in [1.54, 1.807) is 0 Å². The van der Waals surface area contributed by atoms with Crippen LogP contribution in [0.2, 0.25) is 0 Å². The minimum Gasteiger partial charge on any atom is -0.466 e. The number of carbonyl (C=O) groups is 2. The van der Waals surface area contributed by atoms with E-state index in [1.165, 1.54) is 18.9 Å². The number of fused-ring (bicyclic) bond motifs is 1. The highest BCUT2D eigenvalue weighted by atomic mass is 32.2. The van der Waals surface area contributed by atoms with Gasteiger partial charge in [-0.1, -0.05) is 49.0 Å². The largest absolute Gasteiger partial charge is 0.466 e. The predicted molar refractivity (Wildman–Crippen MR) is 133 cm³/mol. The summed E-state index contributed by atoms with van der Waals surface area (Å²) in [4.78, 5) is 32.1. The highest BCUT2D eigenvalue weighted by Gasteiger charge is 2.41. The van der Waals surface area contributed by atoms with Gasteiger partial charge in [-0.2, -0.15) is 0 Å². The zero-order chi connectivity index (χ0) is 24.1. The van der Waals surface area contributed by atoms with Crippen molar-refractivity contribution in [2.75, 3.05) is 13.7 Å². The number of ether oxygens (including phenoxy) is 2. The summed E-state index contributed by atoms with van der Waals surface area (Å²) in [5.41, 5.74) is 2.77. The minimum absolute atomic E-state index is 0.0830. The van der Waals surface area contributed by atoms with Gasteiger partial charge >= 0.3 is 5.97 Å². The van der Waals surface area contributed by atoms with Gasteiger partial charge in [0.15, 0.2) is 5.17 Å². The van der Waals surface area contributed by atoms with Crippen LogP contribution in [0.1, 0.15) is 38.3 Å². The van der Waals surface area contributed by atoms with Crippen molar-refractivity contribution in [1.82, 2.24) is 10.2 Å². The zero-order valence-corrected chi connectivity index (χ0v) is 20.2. The number of esters is 1. The molecule has 2 aromatic rings. The Kier molecular flexibility index (Phi) is 7.37. The van der Waals surface area contributed by atoms with Crippen molar-refractivity contribution in [3.63, 3.8) is 0 Å². The molecule has 2 aliphatic rings. The number of para-hydroxylation sites is 1. The van der Waals surface area contributed by atoms with Crippen LogP contribution >= 0.6 is 11.8 Å². The Morgan fingerprint density at radius 3 is 2.56 bits per heavy atom. The van der Waals surface area contributed by atoms with Gasteiger partial charge in [0.1, 0.15) is 11.5 Å². The van der Waals surface area contributed by atoms with Gasteiger partial charge in [0.05, 0.1) is 30.8 Å². The number of thioether (sulfide) groups is 1. The maximum atomic E-state index is 13.0. The molecule has 2 aliphatic heterocycles. The first-order chi connectivity index (χ1) is 16.5. The summed E-state index contributed by atoms with van der Waals surface area (Å²) < 4.78 is 11.2. The molecule has 0 aromatic heterocycles. The van der Waals surface area contributed by atoms with Gasteiger partial charge in [0, 0.05) is 12.2 Å². The Morgan fingerprint density at radius 1 is 1.09 bits per heavy atom. The van der Waals surface area contributed by atoms with Gasteiger partial charge in [-0.15, -0.1) is 0 Å². The Bertz CT molecular complexity index is 1170. The lowest BCUT2D eigenvalue weighted by molar-refractivity contribution is -0.136. The second-order valence-electron chi connectivity index (χ2n) is 7.72. The number of allylic oxidation sites excluding steroid dienone is 1. The summed E-state index contributed by atoms with van der Waals surface area (Å²) in [6, 6.07) is 16.7. The summed E-state index contributed by atoms with van der Waals surface area (Å²) in [5.74, 6) is 0.849. The van der Waals surface area contributed by atoms with Crippen molar-refractivity contribution in [2.24, 2.45) is 4.99 Å². The number of hydrogen-bond acceptors (Lipinski definition) is 7. The Balaban J connectivity index is 1.77. The second-order valence-corrected chi connectivity index (χ2v) is 8.55. The fourth-order valence-electron chi connectivity index (χ4n) is 4.02. The molecular weight excluding hydrogens is 450 g/mol. The topological polar surface area (TPSA) is 80.2 Å². The van der Waals surface area contributed by atoms with Crippen LogP contribution in [0.25, 0.3) is 0 Å². The molecule has 0 fully saturated rings. The van der Waals surface area contributed by atoms with Gasteiger partial charge in [-0.25, -0.2) is 9.79 Å². The molecule has 0 bridgehead atoms. The summed E-state index contributed by atoms with van der Waals surface area (Å²) in [5, 5.41) is 5.51. The van der Waals surface area contributed by atoms with E-state index >= 15 is 0 Å². The third kappa shape index (κ3) is 4.87. The highest BCUT2D eigenvalue weighted by molar-refractivity contribution is 8.16. The molecule has 0 spiro atoms. The van der Waals surface area contributed by atoms with E-state index < -0.39 is 12.0 Å². The number of carbonyl (C=O) groups excluding carboxylic acids is 2. The number of nitrogens with zero attached hydrogens (tertiary/aromatic N) is 2. The van der Waals surface area contributed by atoms with Crippen LogP contribution in [-0.2, 0) is 14.3 Å². The van der Waals surface area contributed by atoms with E-state index in [4.69, 9.17) is 14.5 Å². The van der Waals surface area contributed by atoms with E-state index in [0.29, 0.717) is 30.0 Å². The Labute approximate surface area is 203 Å². The lowest BCUT2D eigenvalue weighted by Gasteiger charge is -2.36. The summed E-state index contributed by atoms with van der Waals surface area (Å²) in [6.07, 6.45) is 0.761. The van der Waals surface area contributed by atoms with Crippen molar-refractivity contribution in [2.45, 2.75) is 32.7 Å². The van der Waals surface area contributed by atoms with Crippen LogP contribution in [0.4, 0.5) is 0 Å². The number of hydrogen-bond donors (Lipinski definition) is 1. The average Bonchev–Trinajstić information content (AvgIpc) is 3.25. The molecule has 0 saturated carbocycles. The monoisotopic (exact) mass is 477 g/mol. The van der Waals surface area contributed by atoms with E-state index in [-0.39, 0.29) is 12.3 Å². The van der Waals surface area contributed by atoms with Crippen LogP contribution in [0.15, 0.2) is 82.0 Å². The van der Waals surface area contributed by atoms with Crippen molar-refractivity contribution < 1.29 is 19.1 Å². The first kappa shape index (κ1) is 23.6. The van der Waals surface area contributed by atoms with Crippen molar-refractivity contribution in [1.29, 1.82) is 0 Å². The summed E-state index contributed by atoms with van der Waals surface area (Å²) >= 11 is 1.46. The maximum Gasteiger partial charge on any atom is 0.338 e. The molecule has 8 heteroatoms. The molecule has 7 nitrogen and oxygen atoms in total. The van der Waals surface area contributed by atoms with Crippen LogP contribution < -0.4 is 10.1 Å². The molecule has 0 aliphatic carbocycles. The number of rotatable bonds is 8. The average molecular weight is 478 g/mol. The molecule has 2 heterocycles. The number of nitrogens with one attached hydrogen (secondary N) is 1. The van der Waals surface area contributed by atoms with Crippen molar-refractivity contribution >= 4 is 28.8 Å². The van der Waals surface area contributed by atoms with E-state index in [1.807, 2.05) is 78.8 Å². The molecule has 2 aromatic carbocycles. The standard InChI is InChI=1S/C26H27N3O4S/c1-4-21-23(25(31)32-3)24(29-18(15-22(30)27-5-2)16-34-26(29)28-21)17-10-9-13-20(14-17)33-19-11-7-6-8-12-19/h6-14,16,24H,4-5,15H2,1-3H3,(H,27,30). The number of amides is 1. The molecule has 1 atom stereocenters. The Morgan fingerprint density at radius 2 is 1.85 bits per heavy atom. The quantitative estimate of drug-likeness (QED) is 0.530. The van der Waals surface area contributed by atoms with Crippen LogP contribution in [-0.4, -0.2) is 35.6 Å². The van der Waals surface area contributed by atoms with Crippen LogP contribution in [0.5, 0.6) is 11.5 Å². The van der Waals surface area contributed by atoms with Crippen LogP contribution in [0.3, 0.4) is 0 Å². The van der Waals surface area contributed by atoms with Gasteiger partial charge in [-0.05, 0) is 48.6 Å². The minimum atomic E-state index is -0.495. The van der Waals surface area contributed by atoms with E-state index in [2.05, 4.69) is 5.32 Å². The Hall–Kier alpha value is -3.52. The zero-order valence-electron chi connectivity index (χ0n) is 19.4. The number of aliphatic imine (C=N–C) groups is 1. The molecule has 1 unspecified atom stereocenters. The number of benzene rings is 2. The molecular formula is C26H27N3O4S. The van der Waals surface area contributed by atoms with Crippen molar-refractivity contribution in [3.8, 4) is 11.5 Å². The molecule has 4 rings (SSSR count). The fourth-order valence-corrected chi connectivity index (χ4v) is 4.96. The lowest BCUT2D eigenvalue weighted by Crippen LogP contribution is -2.38. The van der Waals surface area contributed by atoms with Crippen LogP contribution in [0, 0.1) is 0 Å². The summed E-state index contributed by atoms with van der Waals surface area (Å²) in [6.45, 7) is 4.40. The predicted octanol–water partition coefficient (Wildman–Crippen LogP) is 5.14. The number of methoxy groups -OCH3 is 1. The number of amidine groups is 1. The molecule has 1 amide bonds. The summed E-state index contributed by atoms with van der Waals surface area (Å²) in [7, 11) is 1.37. The smallest absolute Gasteiger partial charge is 0.338 e. The molecule has 0 saturated heterocycles. The lowest BCUT2D eigenvalue weighted by atomic mass is 9.92. The molecule has 0 radical (unpaired) electrons. The first-order valence-corrected chi connectivity index (χ1v) is 12.1. The fraction of sp³-hybridized carbons (Fsp3) is 0.269. The first-order valence-electron chi connectivity index (χ1n) is 11.2. The molecule has 1 N–H and O–H groups in total. The SMILES string of the molecule is CCNC(=O)CC1=CSC2=NC(CC)=C(C(=O)OC)C(c3cccc(Oc4ccccc4)c3)N12. The third-order valence-corrected chi connectivity index (χ3v) is 6.39.